The Bertz CT molecular complexity index is 438. The lowest BCUT2D eigenvalue weighted by Gasteiger charge is -2.40. The lowest BCUT2D eigenvalue weighted by Crippen LogP contribution is -2.54. The summed E-state index contributed by atoms with van der Waals surface area (Å²) in [5.41, 5.74) is 0.961. The fraction of sp³-hybridized carbons (Fsp3) is 0.455. The topological polar surface area (TPSA) is 45.2 Å². The Kier molecular flexibility index (Phi) is 4.11. The second-order valence-corrected chi connectivity index (χ2v) is 4.92. The summed E-state index contributed by atoms with van der Waals surface area (Å²) in [6.07, 6.45) is 0.851. The van der Waals surface area contributed by atoms with Crippen molar-refractivity contribution in [2.75, 3.05) is 24.5 Å². The highest BCUT2D eigenvalue weighted by atomic mass is 79.9. The van der Waals surface area contributed by atoms with Crippen molar-refractivity contribution in [2.24, 2.45) is 5.92 Å². The number of aromatic nitrogens is 1. The zero-order chi connectivity index (χ0) is 13.1. The van der Waals surface area contributed by atoms with Crippen molar-refractivity contribution < 1.29 is 13.6 Å². The van der Waals surface area contributed by atoms with Crippen LogP contribution in [-0.2, 0) is 4.79 Å². The van der Waals surface area contributed by atoms with Gasteiger partial charge in [-0.1, -0.05) is 0 Å². The summed E-state index contributed by atoms with van der Waals surface area (Å²) >= 11 is 3.37. The molecule has 1 aromatic heterocycles. The molecule has 0 unspecified atom stereocenters. The van der Waals surface area contributed by atoms with Crippen LogP contribution in [0.25, 0.3) is 0 Å². The highest BCUT2D eigenvalue weighted by Gasteiger charge is 2.33. The minimum Gasteiger partial charge on any atom is -0.369 e. The quantitative estimate of drug-likeness (QED) is 0.918. The first kappa shape index (κ1) is 13.2. The molecule has 1 aromatic rings. The molecule has 1 aliphatic heterocycles. The molecular weight excluding hydrogens is 308 g/mol. The van der Waals surface area contributed by atoms with Gasteiger partial charge in [0.1, 0.15) is 0 Å². The largest absolute Gasteiger partial charge is 0.369 e. The average Bonchev–Trinajstić information content (AvgIpc) is 2.27. The third-order valence-corrected chi connectivity index (χ3v) is 3.39. The molecule has 2 heterocycles. The van der Waals surface area contributed by atoms with Gasteiger partial charge in [0.25, 0.3) is 6.43 Å². The van der Waals surface area contributed by atoms with E-state index in [1.807, 2.05) is 11.0 Å². The third-order valence-electron chi connectivity index (χ3n) is 2.77. The first-order valence-electron chi connectivity index (χ1n) is 5.48. The van der Waals surface area contributed by atoms with Crippen LogP contribution in [0.15, 0.2) is 22.9 Å². The van der Waals surface area contributed by atoms with Crippen molar-refractivity contribution >= 4 is 27.5 Å². The summed E-state index contributed by atoms with van der Waals surface area (Å²) < 4.78 is 24.7. The van der Waals surface area contributed by atoms with Crippen LogP contribution in [0.2, 0.25) is 0 Å². The van der Waals surface area contributed by atoms with Gasteiger partial charge < -0.3 is 10.2 Å². The van der Waals surface area contributed by atoms with Crippen LogP contribution in [0, 0.1) is 5.92 Å². The zero-order valence-electron chi connectivity index (χ0n) is 9.44. The number of hydrogen-bond acceptors (Lipinski definition) is 3. The molecule has 0 aromatic carbocycles. The van der Waals surface area contributed by atoms with E-state index in [4.69, 9.17) is 0 Å². The molecule has 0 spiro atoms. The van der Waals surface area contributed by atoms with E-state index in [1.165, 1.54) is 0 Å². The molecule has 1 fully saturated rings. The molecule has 0 saturated carbocycles. The molecule has 0 radical (unpaired) electrons. The molecule has 0 aliphatic carbocycles. The Morgan fingerprint density at radius 2 is 2.33 bits per heavy atom. The highest BCUT2D eigenvalue weighted by molar-refractivity contribution is 9.10. The maximum absolute atomic E-state index is 11.9. The molecule has 0 atom stereocenters. The first-order chi connectivity index (χ1) is 8.58. The molecule has 1 N–H and O–H groups in total. The number of hydrogen-bond donors (Lipinski definition) is 1. The molecule has 1 amide bonds. The van der Waals surface area contributed by atoms with Crippen molar-refractivity contribution in [1.29, 1.82) is 0 Å². The molecule has 0 bridgehead atoms. The maximum Gasteiger partial charge on any atom is 0.255 e. The van der Waals surface area contributed by atoms with E-state index in [0.717, 1.165) is 10.2 Å². The van der Waals surface area contributed by atoms with Gasteiger partial charge in [-0.3, -0.25) is 9.78 Å². The van der Waals surface area contributed by atoms with Gasteiger partial charge in [-0.25, -0.2) is 8.78 Å². The summed E-state index contributed by atoms with van der Waals surface area (Å²) in [7, 11) is 0. The highest BCUT2D eigenvalue weighted by Crippen LogP contribution is 2.30. The predicted molar refractivity (Wildman–Crippen MR) is 66.7 cm³/mol. The lowest BCUT2D eigenvalue weighted by atomic mass is 9.98. The molecule has 2 rings (SSSR count). The number of carbonyl (C=O) groups excluding carboxylic acids is 1. The van der Waals surface area contributed by atoms with E-state index in [1.54, 1.807) is 12.4 Å². The van der Waals surface area contributed by atoms with Crippen LogP contribution in [0.5, 0.6) is 0 Å². The fourth-order valence-corrected chi connectivity index (χ4v) is 2.29. The van der Waals surface area contributed by atoms with Crippen LogP contribution < -0.4 is 10.2 Å². The van der Waals surface area contributed by atoms with Crippen molar-refractivity contribution in [2.45, 2.75) is 6.43 Å². The van der Waals surface area contributed by atoms with Gasteiger partial charge in [0, 0.05) is 25.5 Å². The zero-order valence-corrected chi connectivity index (χ0v) is 11.0. The number of amides is 1. The Hall–Kier alpha value is -1.24. The van der Waals surface area contributed by atoms with E-state index in [9.17, 15) is 13.6 Å². The van der Waals surface area contributed by atoms with Crippen molar-refractivity contribution in [3.63, 3.8) is 0 Å². The van der Waals surface area contributed by atoms with Crippen LogP contribution in [0.3, 0.4) is 0 Å². The van der Waals surface area contributed by atoms with Crippen LogP contribution in [-0.4, -0.2) is 37.0 Å². The van der Waals surface area contributed by atoms with Crippen molar-refractivity contribution in [1.82, 2.24) is 10.3 Å². The number of nitrogens with zero attached hydrogens (tertiary/aromatic N) is 2. The predicted octanol–water partition coefficient (Wildman–Crippen LogP) is 1.66. The van der Waals surface area contributed by atoms with Gasteiger partial charge in [0.15, 0.2) is 0 Å². The van der Waals surface area contributed by atoms with Crippen molar-refractivity contribution in [3.8, 4) is 0 Å². The number of rotatable bonds is 4. The number of anilines is 1. The molecule has 18 heavy (non-hydrogen) atoms. The Balaban J connectivity index is 1.84. The lowest BCUT2D eigenvalue weighted by molar-refractivity contribution is -0.126. The van der Waals surface area contributed by atoms with E-state index in [2.05, 4.69) is 26.2 Å². The minimum atomic E-state index is -2.50. The number of pyridine rings is 1. The monoisotopic (exact) mass is 319 g/mol. The number of halogens is 3. The Morgan fingerprint density at radius 1 is 1.61 bits per heavy atom. The average molecular weight is 320 g/mol. The summed E-state index contributed by atoms with van der Waals surface area (Å²) in [5, 5.41) is 2.23. The molecule has 98 valence electrons. The number of nitrogens with one attached hydrogen (secondary N) is 1. The summed E-state index contributed by atoms with van der Waals surface area (Å²) in [6.45, 7) is 0.504. The maximum atomic E-state index is 11.9. The van der Waals surface area contributed by atoms with Crippen molar-refractivity contribution in [3.05, 3.63) is 22.9 Å². The smallest absolute Gasteiger partial charge is 0.255 e. The van der Waals surface area contributed by atoms with E-state index in [-0.39, 0.29) is 11.8 Å². The first-order valence-corrected chi connectivity index (χ1v) is 6.27. The van der Waals surface area contributed by atoms with E-state index >= 15 is 0 Å². The van der Waals surface area contributed by atoms with Gasteiger partial charge in [-0.15, -0.1) is 0 Å². The Labute approximate surface area is 112 Å². The summed E-state index contributed by atoms with van der Waals surface area (Å²) in [5.74, 6) is -0.527. The van der Waals surface area contributed by atoms with Crippen LogP contribution in [0.1, 0.15) is 0 Å². The second-order valence-electron chi connectivity index (χ2n) is 4.07. The Morgan fingerprint density at radius 3 is 2.94 bits per heavy atom. The van der Waals surface area contributed by atoms with E-state index in [0.29, 0.717) is 13.1 Å². The SMILES string of the molecule is O=C(NCC(F)F)C1CN(c2ccncc2Br)C1. The van der Waals surface area contributed by atoms with Gasteiger partial charge in [-0.2, -0.15) is 0 Å². The summed E-state index contributed by atoms with van der Waals surface area (Å²) in [6, 6.07) is 1.84. The third kappa shape index (κ3) is 2.95. The van der Waals surface area contributed by atoms with Crippen LogP contribution in [0.4, 0.5) is 14.5 Å². The summed E-state index contributed by atoms with van der Waals surface area (Å²) in [4.78, 5) is 17.4. The second kappa shape index (κ2) is 5.60. The minimum absolute atomic E-state index is 0.219. The fourth-order valence-electron chi connectivity index (χ4n) is 1.79. The normalized spacial score (nSPS) is 15.7. The molecule has 7 heteroatoms. The molecule has 4 nitrogen and oxygen atoms in total. The number of alkyl halides is 2. The molecule has 1 aliphatic rings. The molecule has 1 saturated heterocycles. The van der Waals surface area contributed by atoms with Gasteiger partial charge in [0.2, 0.25) is 5.91 Å². The van der Waals surface area contributed by atoms with Gasteiger partial charge in [-0.05, 0) is 22.0 Å². The van der Waals surface area contributed by atoms with E-state index < -0.39 is 13.0 Å². The number of carbonyl (C=O) groups is 1. The van der Waals surface area contributed by atoms with Gasteiger partial charge >= 0.3 is 0 Å². The standard InChI is InChI=1S/C11H12BrF2N3O/c12-8-3-15-2-1-9(8)17-5-7(6-17)11(18)16-4-10(13)14/h1-3,7,10H,4-6H2,(H,16,18). The van der Waals surface area contributed by atoms with Crippen LogP contribution >= 0.6 is 15.9 Å². The molecular formula is C11H12BrF2N3O. The van der Waals surface area contributed by atoms with Gasteiger partial charge in [0.05, 0.1) is 22.6 Å².